The molecule has 1 saturated carbocycles. The van der Waals surface area contributed by atoms with Crippen LogP contribution >= 0.6 is 0 Å². The van der Waals surface area contributed by atoms with Gasteiger partial charge >= 0.3 is 5.97 Å². The highest BCUT2D eigenvalue weighted by atomic mass is 16.4. The molecule has 0 saturated heterocycles. The highest BCUT2D eigenvalue weighted by Crippen LogP contribution is 2.25. The average molecular weight is 292 g/mol. The van der Waals surface area contributed by atoms with E-state index in [-0.39, 0.29) is 35.8 Å². The van der Waals surface area contributed by atoms with E-state index in [1.807, 2.05) is 6.92 Å². The van der Waals surface area contributed by atoms with Gasteiger partial charge in [-0.2, -0.15) is 0 Å². The van der Waals surface area contributed by atoms with Crippen LogP contribution in [0.1, 0.15) is 45.4 Å². The third kappa shape index (κ3) is 3.28. The number of amides is 1. The van der Waals surface area contributed by atoms with Gasteiger partial charge in [0, 0.05) is 6.04 Å². The number of carbonyl (C=O) groups excluding carboxylic acids is 1. The van der Waals surface area contributed by atoms with Crippen LogP contribution in [0.4, 0.5) is 0 Å². The Morgan fingerprint density at radius 3 is 2.67 bits per heavy atom. The summed E-state index contributed by atoms with van der Waals surface area (Å²) >= 11 is 0. The molecule has 0 aromatic rings. The molecule has 2 aliphatic rings. The SMILES string of the molecule is C=CC(CC)N1CC(C(=O)O)=C(NC2CCCCC2)C1=O. The maximum absolute atomic E-state index is 12.5. The van der Waals surface area contributed by atoms with Crippen LogP contribution in [0.15, 0.2) is 23.9 Å². The molecular formula is C16H24N2O3. The largest absolute Gasteiger partial charge is 0.478 e. The standard InChI is InChI=1S/C16H24N2O3/c1-3-12(4-2)18-10-13(16(20)21)14(15(18)19)17-11-8-6-5-7-9-11/h3,11-12,17H,1,4-10H2,2H3,(H,20,21). The number of hydrogen-bond acceptors (Lipinski definition) is 3. The lowest BCUT2D eigenvalue weighted by Crippen LogP contribution is -2.40. The van der Waals surface area contributed by atoms with E-state index in [9.17, 15) is 14.7 Å². The molecule has 1 amide bonds. The first kappa shape index (κ1) is 15.6. The van der Waals surface area contributed by atoms with Crippen LogP contribution in [0.3, 0.4) is 0 Å². The van der Waals surface area contributed by atoms with Gasteiger partial charge in [0.2, 0.25) is 0 Å². The molecule has 21 heavy (non-hydrogen) atoms. The van der Waals surface area contributed by atoms with Crippen molar-refractivity contribution in [1.82, 2.24) is 10.2 Å². The molecule has 0 bridgehead atoms. The summed E-state index contributed by atoms with van der Waals surface area (Å²) in [6.07, 6.45) is 7.94. The van der Waals surface area contributed by atoms with Gasteiger partial charge in [-0.05, 0) is 19.3 Å². The molecule has 1 unspecified atom stereocenters. The summed E-state index contributed by atoms with van der Waals surface area (Å²) < 4.78 is 0. The first-order valence-electron chi connectivity index (χ1n) is 7.75. The summed E-state index contributed by atoms with van der Waals surface area (Å²) in [6, 6.07) is 0.105. The Bertz CT molecular complexity index is 464. The highest BCUT2D eigenvalue weighted by Gasteiger charge is 2.37. The lowest BCUT2D eigenvalue weighted by atomic mass is 9.95. The molecule has 1 aliphatic heterocycles. The van der Waals surface area contributed by atoms with Gasteiger partial charge in [0.15, 0.2) is 0 Å². The maximum Gasteiger partial charge on any atom is 0.335 e. The Labute approximate surface area is 125 Å². The molecule has 1 aliphatic carbocycles. The van der Waals surface area contributed by atoms with Gasteiger partial charge in [0.1, 0.15) is 5.70 Å². The Morgan fingerprint density at radius 1 is 1.48 bits per heavy atom. The average Bonchev–Trinajstić information content (AvgIpc) is 2.80. The van der Waals surface area contributed by atoms with E-state index in [1.54, 1.807) is 11.0 Å². The highest BCUT2D eigenvalue weighted by molar-refractivity contribution is 6.06. The molecule has 2 N–H and O–H groups in total. The topological polar surface area (TPSA) is 69.6 Å². The van der Waals surface area contributed by atoms with Gasteiger partial charge in [0.05, 0.1) is 18.2 Å². The molecule has 0 aromatic carbocycles. The minimum atomic E-state index is -1.01. The molecule has 5 heteroatoms. The van der Waals surface area contributed by atoms with Crippen molar-refractivity contribution in [1.29, 1.82) is 0 Å². The Hall–Kier alpha value is -1.78. The number of carboxylic acid groups (broad SMARTS) is 1. The number of rotatable bonds is 6. The molecular weight excluding hydrogens is 268 g/mol. The van der Waals surface area contributed by atoms with Crippen LogP contribution in [0.2, 0.25) is 0 Å². The smallest absolute Gasteiger partial charge is 0.335 e. The fraction of sp³-hybridized carbons (Fsp3) is 0.625. The zero-order valence-corrected chi connectivity index (χ0v) is 12.6. The summed E-state index contributed by atoms with van der Waals surface area (Å²) in [7, 11) is 0. The minimum Gasteiger partial charge on any atom is -0.478 e. The van der Waals surface area contributed by atoms with Gasteiger partial charge in [-0.3, -0.25) is 4.79 Å². The molecule has 1 atom stereocenters. The zero-order chi connectivity index (χ0) is 15.4. The number of aliphatic carboxylic acids is 1. The number of carboxylic acids is 1. The van der Waals surface area contributed by atoms with Gasteiger partial charge < -0.3 is 15.3 Å². The van der Waals surface area contributed by atoms with Crippen LogP contribution in [0.5, 0.6) is 0 Å². The van der Waals surface area contributed by atoms with E-state index in [0.717, 1.165) is 32.1 Å². The van der Waals surface area contributed by atoms with Crippen molar-refractivity contribution in [3.05, 3.63) is 23.9 Å². The van der Waals surface area contributed by atoms with E-state index in [4.69, 9.17) is 0 Å². The van der Waals surface area contributed by atoms with Crippen molar-refractivity contribution >= 4 is 11.9 Å². The first-order chi connectivity index (χ1) is 10.1. The van der Waals surface area contributed by atoms with Crippen LogP contribution in [0, 0.1) is 0 Å². The zero-order valence-electron chi connectivity index (χ0n) is 12.6. The second-order valence-corrected chi connectivity index (χ2v) is 5.78. The molecule has 0 aromatic heterocycles. The van der Waals surface area contributed by atoms with Gasteiger partial charge in [-0.25, -0.2) is 4.79 Å². The lowest BCUT2D eigenvalue weighted by molar-refractivity contribution is -0.132. The number of nitrogens with zero attached hydrogens (tertiary/aromatic N) is 1. The second kappa shape index (κ2) is 6.78. The minimum absolute atomic E-state index is 0.113. The van der Waals surface area contributed by atoms with Crippen LogP contribution in [0.25, 0.3) is 0 Å². The molecule has 2 rings (SSSR count). The van der Waals surface area contributed by atoms with E-state index in [0.29, 0.717) is 0 Å². The Morgan fingerprint density at radius 2 is 2.14 bits per heavy atom. The van der Waals surface area contributed by atoms with Crippen molar-refractivity contribution < 1.29 is 14.7 Å². The predicted molar refractivity (Wildman–Crippen MR) is 80.7 cm³/mol. The van der Waals surface area contributed by atoms with Crippen molar-refractivity contribution in [3.8, 4) is 0 Å². The Kier molecular flexibility index (Phi) is 5.04. The summed E-state index contributed by atoms with van der Waals surface area (Å²) in [5.41, 5.74) is 0.473. The molecule has 116 valence electrons. The van der Waals surface area contributed by atoms with Crippen molar-refractivity contribution in [3.63, 3.8) is 0 Å². The third-order valence-electron chi connectivity index (χ3n) is 4.41. The molecule has 1 heterocycles. The fourth-order valence-electron chi connectivity index (χ4n) is 3.15. The number of nitrogens with one attached hydrogen (secondary N) is 1. The van der Waals surface area contributed by atoms with Crippen molar-refractivity contribution in [2.24, 2.45) is 0 Å². The normalized spacial score (nSPS) is 21.6. The van der Waals surface area contributed by atoms with Crippen molar-refractivity contribution in [2.75, 3.05) is 6.54 Å². The summed E-state index contributed by atoms with van der Waals surface area (Å²) in [5.74, 6) is -1.22. The summed E-state index contributed by atoms with van der Waals surface area (Å²) in [4.78, 5) is 25.6. The second-order valence-electron chi connectivity index (χ2n) is 5.78. The van der Waals surface area contributed by atoms with E-state index < -0.39 is 5.97 Å². The fourth-order valence-corrected chi connectivity index (χ4v) is 3.15. The monoisotopic (exact) mass is 292 g/mol. The molecule has 0 spiro atoms. The van der Waals surface area contributed by atoms with E-state index in [1.165, 1.54) is 6.42 Å². The number of hydrogen-bond donors (Lipinski definition) is 2. The van der Waals surface area contributed by atoms with Gasteiger partial charge in [-0.15, -0.1) is 6.58 Å². The maximum atomic E-state index is 12.5. The quantitative estimate of drug-likeness (QED) is 0.735. The number of carbonyl (C=O) groups is 2. The van der Waals surface area contributed by atoms with Crippen molar-refractivity contribution in [2.45, 2.75) is 57.5 Å². The summed E-state index contributed by atoms with van der Waals surface area (Å²) in [5, 5.41) is 12.6. The molecule has 1 fully saturated rings. The molecule has 0 radical (unpaired) electrons. The van der Waals surface area contributed by atoms with E-state index >= 15 is 0 Å². The Balaban J connectivity index is 2.17. The van der Waals surface area contributed by atoms with Gasteiger partial charge in [-0.1, -0.05) is 32.3 Å². The van der Waals surface area contributed by atoms with Crippen LogP contribution in [-0.4, -0.2) is 40.5 Å². The van der Waals surface area contributed by atoms with Crippen LogP contribution in [-0.2, 0) is 9.59 Å². The predicted octanol–water partition coefficient (Wildman–Crippen LogP) is 2.05. The molecule has 5 nitrogen and oxygen atoms in total. The first-order valence-corrected chi connectivity index (χ1v) is 7.75. The van der Waals surface area contributed by atoms with Crippen LogP contribution < -0.4 is 5.32 Å². The third-order valence-corrected chi connectivity index (χ3v) is 4.41. The van der Waals surface area contributed by atoms with Gasteiger partial charge in [0.25, 0.3) is 5.91 Å². The summed E-state index contributed by atoms with van der Waals surface area (Å²) in [6.45, 7) is 5.87. The van der Waals surface area contributed by atoms with E-state index in [2.05, 4.69) is 11.9 Å². The lowest BCUT2D eigenvalue weighted by Gasteiger charge is -2.26.